The van der Waals surface area contributed by atoms with Gasteiger partial charge >= 0.3 is 6.03 Å². The average Bonchev–Trinajstić information content (AvgIpc) is 2.79. The quantitative estimate of drug-likeness (QED) is 0.509. The SMILES string of the molecule is COc1cccc(NC(=O)N[C@@H]2CC[C@@H](CC(=O)NCc3ccccn3)O[C@@H]2CO)c1. The number of methoxy groups -OCH3 is 1. The van der Waals surface area contributed by atoms with E-state index in [1.807, 2.05) is 18.2 Å². The number of urea groups is 1. The number of hydrogen-bond donors (Lipinski definition) is 4. The topological polar surface area (TPSA) is 122 Å². The monoisotopic (exact) mass is 428 g/mol. The van der Waals surface area contributed by atoms with Crippen molar-refractivity contribution in [3.05, 3.63) is 54.4 Å². The number of pyridine rings is 1. The number of ether oxygens (including phenoxy) is 2. The van der Waals surface area contributed by atoms with E-state index in [1.165, 1.54) is 0 Å². The summed E-state index contributed by atoms with van der Waals surface area (Å²) in [6, 6.07) is 11.8. The van der Waals surface area contributed by atoms with E-state index in [9.17, 15) is 14.7 Å². The zero-order chi connectivity index (χ0) is 22.1. The summed E-state index contributed by atoms with van der Waals surface area (Å²) in [4.78, 5) is 28.7. The van der Waals surface area contributed by atoms with Crippen molar-refractivity contribution in [3.63, 3.8) is 0 Å². The summed E-state index contributed by atoms with van der Waals surface area (Å²) in [5.74, 6) is 0.491. The first kappa shape index (κ1) is 22.5. The third kappa shape index (κ3) is 6.94. The molecular weight excluding hydrogens is 400 g/mol. The highest BCUT2D eigenvalue weighted by Crippen LogP contribution is 2.22. The number of benzene rings is 1. The van der Waals surface area contributed by atoms with Crippen LogP contribution in [0.1, 0.15) is 25.0 Å². The van der Waals surface area contributed by atoms with Crippen molar-refractivity contribution in [3.8, 4) is 5.75 Å². The van der Waals surface area contributed by atoms with Crippen LogP contribution in [0.15, 0.2) is 48.7 Å². The highest BCUT2D eigenvalue weighted by molar-refractivity contribution is 5.89. The Morgan fingerprint density at radius 2 is 2.10 bits per heavy atom. The molecule has 9 heteroatoms. The summed E-state index contributed by atoms with van der Waals surface area (Å²) >= 11 is 0. The number of aliphatic hydroxyl groups is 1. The van der Waals surface area contributed by atoms with Crippen LogP contribution in [-0.4, -0.2) is 54.0 Å². The van der Waals surface area contributed by atoms with Gasteiger partial charge in [-0.1, -0.05) is 12.1 Å². The van der Waals surface area contributed by atoms with E-state index >= 15 is 0 Å². The van der Waals surface area contributed by atoms with Gasteiger partial charge in [0.1, 0.15) is 11.9 Å². The van der Waals surface area contributed by atoms with Gasteiger partial charge in [-0.2, -0.15) is 0 Å². The summed E-state index contributed by atoms with van der Waals surface area (Å²) in [5.41, 5.74) is 1.37. The van der Waals surface area contributed by atoms with Crippen LogP contribution in [-0.2, 0) is 16.1 Å². The fourth-order valence-electron chi connectivity index (χ4n) is 3.45. The zero-order valence-electron chi connectivity index (χ0n) is 17.4. The van der Waals surface area contributed by atoms with Crippen molar-refractivity contribution in [1.29, 1.82) is 0 Å². The van der Waals surface area contributed by atoms with Crippen LogP contribution in [0.4, 0.5) is 10.5 Å². The second kappa shape index (κ2) is 11.3. The van der Waals surface area contributed by atoms with E-state index in [1.54, 1.807) is 37.6 Å². The Balaban J connectivity index is 1.45. The van der Waals surface area contributed by atoms with Gasteiger partial charge in [0.2, 0.25) is 5.91 Å². The number of nitrogens with one attached hydrogen (secondary N) is 3. The van der Waals surface area contributed by atoms with Crippen LogP contribution >= 0.6 is 0 Å². The van der Waals surface area contributed by atoms with Crippen molar-refractivity contribution < 1.29 is 24.2 Å². The van der Waals surface area contributed by atoms with E-state index in [2.05, 4.69) is 20.9 Å². The van der Waals surface area contributed by atoms with Crippen LogP contribution in [0.25, 0.3) is 0 Å². The highest BCUT2D eigenvalue weighted by atomic mass is 16.5. The molecule has 2 aromatic rings. The minimum Gasteiger partial charge on any atom is -0.497 e. The van der Waals surface area contributed by atoms with Gasteiger partial charge in [-0.3, -0.25) is 9.78 Å². The molecule has 3 atom stereocenters. The van der Waals surface area contributed by atoms with E-state index in [-0.39, 0.29) is 31.1 Å². The lowest BCUT2D eigenvalue weighted by molar-refractivity contribution is -0.130. The minimum atomic E-state index is -0.585. The van der Waals surface area contributed by atoms with Gasteiger partial charge in [0, 0.05) is 18.0 Å². The maximum atomic E-state index is 12.4. The Morgan fingerprint density at radius 1 is 1.23 bits per heavy atom. The first-order chi connectivity index (χ1) is 15.1. The first-order valence-corrected chi connectivity index (χ1v) is 10.2. The van der Waals surface area contributed by atoms with Crippen LogP contribution in [0.3, 0.4) is 0 Å². The normalized spacial score (nSPS) is 20.5. The van der Waals surface area contributed by atoms with Gasteiger partial charge in [0.05, 0.1) is 44.5 Å². The number of carbonyl (C=O) groups is 2. The molecule has 0 bridgehead atoms. The van der Waals surface area contributed by atoms with E-state index < -0.39 is 12.1 Å². The Labute approximate surface area is 181 Å². The van der Waals surface area contributed by atoms with Gasteiger partial charge in [0.25, 0.3) is 0 Å². The number of amides is 3. The number of nitrogens with zero attached hydrogens (tertiary/aromatic N) is 1. The number of carbonyl (C=O) groups excluding carboxylic acids is 2. The molecule has 1 aliphatic rings. The molecule has 1 aromatic carbocycles. The third-order valence-electron chi connectivity index (χ3n) is 5.05. The molecule has 0 radical (unpaired) electrons. The summed E-state index contributed by atoms with van der Waals surface area (Å²) < 4.78 is 11.0. The van der Waals surface area contributed by atoms with Gasteiger partial charge < -0.3 is 30.5 Å². The van der Waals surface area contributed by atoms with E-state index in [4.69, 9.17) is 9.47 Å². The summed E-state index contributed by atoms with van der Waals surface area (Å²) in [6.07, 6.45) is 2.15. The number of aliphatic hydroxyl groups excluding tert-OH is 1. The molecule has 1 saturated heterocycles. The molecule has 0 spiro atoms. The fourth-order valence-corrected chi connectivity index (χ4v) is 3.45. The molecule has 3 rings (SSSR count). The molecular formula is C22H28N4O5. The van der Waals surface area contributed by atoms with Crippen LogP contribution in [0, 0.1) is 0 Å². The average molecular weight is 428 g/mol. The number of aromatic nitrogens is 1. The van der Waals surface area contributed by atoms with Crippen LogP contribution < -0.4 is 20.7 Å². The molecule has 1 aliphatic heterocycles. The third-order valence-corrected chi connectivity index (χ3v) is 5.05. The van der Waals surface area contributed by atoms with Crippen molar-refractivity contribution >= 4 is 17.6 Å². The van der Waals surface area contributed by atoms with Gasteiger partial charge in [-0.25, -0.2) is 4.79 Å². The molecule has 9 nitrogen and oxygen atoms in total. The number of anilines is 1. The second-order valence-corrected chi connectivity index (χ2v) is 7.30. The van der Waals surface area contributed by atoms with Gasteiger partial charge in [0.15, 0.2) is 0 Å². The van der Waals surface area contributed by atoms with Crippen molar-refractivity contribution in [2.45, 2.75) is 44.1 Å². The molecule has 1 aromatic heterocycles. The highest BCUT2D eigenvalue weighted by Gasteiger charge is 2.32. The first-order valence-electron chi connectivity index (χ1n) is 10.2. The Kier molecular flexibility index (Phi) is 8.19. The number of hydrogen-bond acceptors (Lipinski definition) is 6. The van der Waals surface area contributed by atoms with Crippen LogP contribution in [0.5, 0.6) is 5.75 Å². The molecule has 31 heavy (non-hydrogen) atoms. The van der Waals surface area contributed by atoms with Crippen molar-refractivity contribution in [2.75, 3.05) is 19.0 Å². The van der Waals surface area contributed by atoms with Crippen LogP contribution in [0.2, 0.25) is 0 Å². The lowest BCUT2D eigenvalue weighted by Gasteiger charge is -2.35. The summed E-state index contributed by atoms with van der Waals surface area (Å²) in [5, 5.41) is 18.1. The largest absolute Gasteiger partial charge is 0.497 e. The Bertz CT molecular complexity index is 864. The Hall–Kier alpha value is -3.17. The van der Waals surface area contributed by atoms with Gasteiger partial charge in [-0.15, -0.1) is 0 Å². The van der Waals surface area contributed by atoms with E-state index in [0.717, 1.165) is 5.69 Å². The Morgan fingerprint density at radius 3 is 2.84 bits per heavy atom. The lowest BCUT2D eigenvalue weighted by atomic mass is 9.97. The molecule has 3 amide bonds. The minimum absolute atomic E-state index is 0.144. The fraction of sp³-hybridized carbons (Fsp3) is 0.409. The standard InChI is InChI=1S/C22H28N4O5/c1-30-17-7-4-6-15(11-17)25-22(29)26-19-9-8-18(31-20(19)14-27)12-21(28)24-13-16-5-2-3-10-23-16/h2-7,10-11,18-20,27H,8-9,12-14H2,1H3,(H,24,28)(H2,25,26,29)/t18-,19+,20+/m0/s1. The van der Waals surface area contributed by atoms with E-state index in [0.29, 0.717) is 30.8 Å². The summed E-state index contributed by atoms with van der Waals surface area (Å²) in [6.45, 7) is 0.0978. The number of rotatable bonds is 8. The maximum absolute atomic E-state index is 12.4. The van der Waals surface area contributed by atoms with Gasteiger partial charge in [-0.05, 0) is 37.1 Å². The molecule has 1 fully saturated rings. The van der Waals surface area contributed by atoms with Crippen molar-refractivity contribution in [2.24, 2.45) is 0 Å². The summed E-state index contributed by atoms with van der Waals surface area (Å²) in [7, 11) is 1.56. The smallest absolute Gasteiger partial charge is 0.319 e. The maximum Gasteiger partial charge on any atom is 0.319 e. The lowest BCUT2D eigenvalue weighted by Crippen LogP contribution is -2.52. The van der Waals surface area contributed by atoms with Crippen molar-refractivity contribution in [1.82, 2.24) is 15.6 Å². The molecule has 0 unspecified atom stereocenters. The molecule has 166 valence electrons. The second-order valence-electron chi connectivity index (χ2n) is 7.30. The molecule has 4 N–H and O–H groups in total. The molecule has 0 aliphatic carbocycles. The zero-order valence-corrected chi connectivity index (χ0v) is 17.4. The predicted molar refractivity (Wildman–Crippen MR) is 115 cm³/mol. The predicted octanol–water partition coefficient (Wildman–Crippen LogP) is 1.83. The molecule has 2 heterocycles. The molecule has 0 saturated carbocycles.